The smallest absolute Gasteiger partial charge is 0.399 e. The number of nitro groups is 1. The first-order valence-electron chi connectivity index (χ1n) is 5.82. The zero-order valence-electron chi connectivity index (χ0n) is 11.0. The van der Waals surface area contributed by atoms with Crippen LogP contribution in [0, 0.1) is 10.1 Å². The van der Waals surface area contributed by atoms with E-state index in [-0.39, 0.29) is 11.4 Å². The Morgan fingerprint density at radius 2 is 1.82 bits per heavy atom. The van der Waals surface area contributed by atoms with Crippen molar-refractivity contribution in [2.75, 3.05) is 11.1 Å². The highest BCUT2D eigenvalue weighted by molar-refractivity contribution is 7.81. The second-order valence-electron chi connectivity index (χ2n) is 4.20. The lowest BCUT2D eigenvalue weighted by Crippen LogP contribution is -2.08. The maximum absolute atomic E-state index is 10.9. The van der Waals surface area contributed by atoms with Crippen LogP contribution >= 0.6 is 0 Å². The average molecular weight is 325 g/mol. The Labute approximate surface area is 125 Å². The molecule has 4 N–H and O–H groups in total. The van der Waals surface area contributed by atoms with Crippen LogP contribution in [-0.2, 0) is 10.4 Å². The standard InChI is InChI=1S/C12H11N3O6S/c13-8-1-3-9(4-2-8)14-11-6-5-10(15(16)17)7-12(11)21-22(18,19)20/h1-7,14H,13H2,(H,18,19,20). The maximum Gasteiger partial charge on any atom is 0.446 e. The molecule has 2 aromatic carbocycles. The number of nitrogen functional groups attached to an aromatic ring is 1. The summed E-state index contributed by atoms with van der Waals surface area (Å²) < 4.78 is 34.8. The molecule has 0 bridgehead atoms. The first kappa shape index (κ1) is 15.5. The highest BCUT2D eigenvalue weighted by atomic mass is 32.3. The summed E-state index contributed by atoms with van der Waals surface area (Å²) in [6.45, 7) is 0. The second-order valence-corrected chi connectivity index (χ2v) is 5.22. The van der Waals surface area contributed by atoms with Gasteiger partial charge in [0.1, 0.15) is 0 Å². The van der Waals surface area contributed by atoms with Crippen molar-refractivity contribution in [1.82, 2.24) is 0 Å². The zero-order valence-corrected chi connectivity index (χ0v) is 11.8. The minimum atomic E-state index is -4.82. The van der Waals surface area contributed by atoms with E-state index in [1.807, 2.05) is 0 Å². The van der Waals surface area contributed by atoms with Gasteiger partial charge in [-0.1, -0.05) is 0 Å². The van der Waals surface area contributed by atoms with Gasteiger partial charge in [-0.3, -0.25) is 14.7 Å². The van der Waals surface area contributed by atoms with E-state index in [2.05, 4.69) is 9.50 Å². The van der Waals surface area contributed by atoms with Gasteiger partial charge in [0.05, 0.1) is 16.7 Å². The van der Waals surface area contributed by atoms with Crippen LogP contribution in [0.25, 0.3) is 0 Å². The van der Waals surface area contributed by atoms with E-state index in [4.69, 9.17) is 10.3 Å². The molecule has 0 atom stereocenters. The highest BCUT2D eigenvalue weighted by Crippen LogP contribution is 2.32. The molecule has 0 fully saturated rings. The monoisotopic (exact) mass is 325 g/mol. The van der Waals surface area contributed by atoms with Crippen molar-refractivity contribution in [3.63, 3.8) is 0 Å². The summed E-state index contributed by atoms with van der Waals surface area (Å²) in [6, 6.07) is 9.76. The summed E-state index contributed by atoms with van der Waals surface area (Å²) in [5.74, 6) is -0.409. The molecular weight excluding hydrogens is 314 g/mol. The van der Waals surface area contributed by atoms with Crippen LogP contribution in [0.5, 0.6) is 5.75 Å². The van der Waals surface area contributed by atoms with Gasteiger partial charge in [-0.15, -0.1) is 0 Å². The number of hydrogen-bond donors (Lipinski definition) is 3. The Kier molecular flexibility index (Phi) is 4.15. The predicted molar refractivity (Wildman–Crippen MR) is 79.4 cm³/mol. The number of nitrogens with zero attached hydrogens (tertiary/aromatic N) is 1. The van der Waals surface area contributed by atoms with Crippen LogP contribution < -0.4 is 15.2 Å². The van der Waals surface area contributed by atoms with Crippen LogP contribution in [0.3, 0.4) is 0 Å². The van der Waals surface area contributed by atoms with Crippen molar-refractivity contribution in [2.45, 2.75) is 0 Å². The number of non-ortho nitro benzene ring substituents is 1. The fraction of sp³-hybridized carbons (Fsp3) is 0. The van der Waals surface area contributed by atoms with Gasteiger partial charge in [-0.2, -0.15) is 8.42 Å². The Bertz CT molecular complexity index is 804. The number of nitrogens with two attached hydrogens (primary N) is 1. The molecule has 2 rings (SSSR count). The summed E-state index contributed by atoms with van der Waals surface area (Å²) in [7, 11) is -4.82. The molecule has 0 aliphatic heterocycles. The maximum atomic E-state index is 10.9. The third-order valence-corrected chi connectivity index (χ3v) is 2.95. The van der Waals surface area contributed by atoms with E-state index >= 15 is 0 Å². The molecule has 0 radical (unpaired) electrons. The molecule has 10 heteroatoms. The third-order valence-electron chi connectivity index (χ3n) is 2.56. The van der Waals surface area contributed by atoms with E-state index < -0.39 is 21.1 Å². The predicted octanol–water partition coefficient (Wildman–Crippen LogP) is 2.10. The molecule has 0 amide bonds. The average Bonchev–Trinajstić information content (AvgIpc) is 2.41. The number of nitro benzene ring substituents is 1. The Balaban J connectivity index is 2.40. The van der Waals surface area contributed by atoms with Gasteiger partial charge in [0.2, 0.25) is 0 Å². The van der Waals surface area contributed by atoms with E-state index in [1.165, 1.54) is 6.07 Å². The number of anilines is 3. The van der Waals surface area contributed by atoms with Gasteiger partial charge in [0.15, 0.2) is 5.75 Å². The van der Waals surface area contributed by atoms with Crippen LogP contribution in [-0.4, -0.2) is 17.9 Å². The summed E-state index contributed by atoms with van der Waals surface area (Å²) in [4.78, 5) is 10.0. The minimum absolute atomic E-state index is 0.119. The van der Waals surface area contributed by atoms with E-state index in [0.29, 0.717) is 11.4 Å². The zero-order chi connectivity index (χ0) is 16.3. The normalized spacial score (nSPS) is 11.0. The fourth-order valence-corrected chi connectivity index (χ4v) is 2.00. The first-order valence-corrected chi connectivity index (χ1v) is 7.19. The SMILES string of the molecule is Nc1ccc(Nc2ccc([N+](=O)[O-])cc2OS(=O)(=O)O)cc1. The number of benzene rings is 2. The second kappa shape index (κ2) is 5.87. The fourth-order valence-electron chi connectivity index (χ4n) is 1.63. The van der Waals surface area contributed by atoms with Gasteiger partial charge in [0.25, 0.3) is 5.69 Å². The van der Waals surface area contributed by atoms with Crippen molar-refractivity contribution < 1.29 is 22.1 Å². The molecular formula is C12H11N3O6S. The van der Waals surface area contributed by atoms with E-state index in [0.717, 1.165) is 12.1 Å². The van der Waals surface area contributed by atoms with Crippen LogP contribution in [0.2, 0.25) is 0 Å². The molecule has 116 valence electrons. The molecule has 0 heterocycles. The van der Waals surface area contributed by atoms with Crippen molar-refractivity contribution in [1.29, 1.82) is 0 Å². The largest absolute Gasteiger partial charge is 0.446 e. The lowest BCUT2D eigenvalue weighted by atomic mass is 10.2. The topological polar surface area (TPSA) is 145 Å². The van der Waals surface area contributed by atoms with Crippen LogP contribution in [0.15, 0.2) is 42.5 Å². The van der Waals surface area contributed by atoms with Gasteiger partial charge >= 0.3 is 10.4 Å². The highest BCUT2D eigenvalue weighted by Gasteiger charge is 2.17. The summed E-state index contributed by atoms with van der Waals surface area (Å²) >= 11 is 0. The Morgan fingerprint density at radius 3 is 2.36 bits per heavy atom. The summed E-state index contributed by atoms with van der Waals surface area (Å²) in [5, 5.41) is 13.5. The number of hydrogen-bond acceptors (Lipinski definition) is 7. The summed E-state index contributed by atoms with van der Waals surface area (Å²) in [5.41, 5.74) is 6.35. The van der Waals surface area contributed by atoms with Gasteiger partial charge in [-0.05, 0) is 30.3 Å². The van der Waals surface area contributed by atoms with Crippen LogP contribution in [0.4, 0.5) is 22.7 Å². The molecule has 22 heavy (non-hydrogen) atoms. The van der Waals surface area contributed by atoms with Crippen molar-refractivity contribution >= 4 is 33.1 Å². The summed E-state index contributed by atoms with van der Waals surface area (Å²) in [6.07, 6.45) is 0. The van der Waals surface area contributed by atoms with Gasteiger partial charge in [0, 0.05) is 17.4 Å². The molecule has 2 aromatic rings. The molecule has 0 aromatic heterocycles. The van der Waals surface area contributed by atoms with Crippen LogP contribution in [0.1, 0.15) is 0 Å². The quantitative estimate of drug-likeness (QED) is 0.328. The third kappa shape index (κ3) is 4.07. The van der Waals surface area contributed by atoms with Gasteiger partial charge in [-0.25, -0.2) is 0 Å². The van der Waals surface area contributed by atoms with Crippen molar-refractivity contribution in [3.05, 3.63) is 52.6 Å². The van der Waals surface area contributed by atoms with Crippen molar-refractivity contribution in [3.8, 4) is 5.75 Å². The minimum Gasteiger partial charge on any atom is -0.399 e. The first-order chi connectivity index (χ1) is 10.2. The van der Waals surface area contributed by atoms with Gasteiger partial charge < -0.3 is 15.2 Å². The molecule has 0 aliphatic rings. The molecule has 0 unspecified atom stereocenters. The number of rotatable bonds is 5. The van der Waals surface area contributed by atoms with E-state index in [1.54, 1.807) is 24.3 Å². The van der Waals surface area contributed by atoms with E-state index in [9.17, 15) is 18.5 Å². The lowest BCUT2D eigenvalue weighted by Gasteiger charge is -2.11. The Morgan fingerprint density at radius 1 is 1.18 bits per heavy atom. The molecule has 0 spiro atoms. The Hall–Kier alpha value is -2.85. The molecule has 0 aliphatic carbocycles. The molecule has 9 nitrogen and oxygen atoms in total. The molecule has 0 saturated heterocycles. The number of nitrogens with one attached hydrogen (secondary N) is 1. The lowest BCUT2D eigenvalue weighted by molar-refractivity contribution is -0.384. The molecule has 0 saturated carbocycles. The van der Waals surface area contributed by atoms with Crippen molar-refractivity contribution in [2.24, 2.45) is 0 Å².